The molecule has 6 heavy (non-hydrogen) atoms. The van der Waals surface area contributed by atoms with E-state index < -0.39 is 0 Å². The van der Waals surface area contributed by atoms with E-state index in [9.17, 15) is 0 Å². The third kappa shape index (κ3) is 25.6. The van der Waals surface area contributed by atoms with E-state index in [1.807, 2.05) is 0 Å². The van der Waals surface area contributed by atoms with Crippen LogP contribution in [-0.4, -0.2) is 97.1 Å². The molecule has 45 valence electrons. The van der Waals surface area contributed by atoms with E-state index in [0.29, 0.717) is 0 Å². The van der Waals surface area contributed by atoms with Gasteiger partial charge in [-0.25, -0.2) is 0 Å². The zero-order valence-corrected chi connectivity index (χ0v) is 6.44. The normalized spacial score (nSPS) is 0. The minimum absolute atomic E-state index is 0. The Morgan fingerprint density at radius 3 is 0.833 bits per heavy atom. The number of rotatable bonds is 0. The Hall–Kier alpha value is 3.60. The van der Waals surface area contributed by atoms with Crippen molar-refractivity contribution in [2.24, 2.45) is 0 Å². The van der Waals surface area contributed by atoms with Gasteiger partial charge in [0.25, 0.3) is 0 Å². The number of hydrogen-bond acceptors (Lipinski definition) is 0. The van der Waals surface area contributed by atoms with Crippen molar-refractivity contribution in [3.63, 3.8) is 0 Å². The molecule has 0 bridgehead atoms. The van der Waals surface area contributed by atoms with Crippen molar-refractivity contribution >= 4 is 97.1 Å². The van der Waals surface area contributed by atoms with E-state index >= 15 is 0 Å². The van der Waals surface area contributed by atoms with Crippen LogP contribution in [0.3, 0.4) is 0 Å². The molecule has 0 aliphatic rings. The van der Waals surface area contributed by atoms with Crippen molar-refractivity contribution < 1.29 is 17.1 Å². The summed E-state index contributed by atoms with van der Waals surface area (Å²) >= 11 is 0. The van der Waals surface area contributed by atoms with Crippen LogP contribution < -0.4 is 0 Å². The molecule has 0 saturated heterocycles. The second kappa shape index (κ2) is 38.3. The van der Waals surface area contributed by atoms with Gasteiger partial charge in [0.2, 0.25) is 0 Å². The van der Waals surface area contributed by atoms with E-state index in [0.717, 1.165) is 0 Å². The molecule has 0 unspecified atom stereocenters. The van der Waals surface area contributed by atoms with E-state index in [1.165, 1.54) is 0 Å². The van der Waals surface area contributed by atoms with Gasteiger partial charge < -0.3 is 0 Å². The molecule has 0 aromatic heterocycles. The molecule has 0 saturated carbocycles. The number of hydrogen-bond donors (Lipinski definition) is 0. The first kappa shape index (κ1) is 54.8. The van der Waals surface area contributed by atoms with Gasteiger partial charge in [-0.3, -0.25) is 0 Å². The molecule has 0 fully saturated rings. The van der Waals surface area contributed by atoms with Crippen molar-refractivity contribution in [3.05, 3.63) is 0 Å². The molecule has 0 aliphatic carbocycles. The molecule has 0 N–H and O–H groups in total. The van der Waals surface area contributed by atoms with E-state index in [1.54, 1.807) is 0 Å². The zero-order chi connectivity index (χ0) is 0. The summed E-state index contributed by atoms with van der Waals surface area (Å²) < 4.78 is 0. The topological polar surface area (TPSA) is 0 Å². The first-order chi connectivity index (χ1) is 0. The standard InChI is InChI=1S/Al.Cu.Ga.In.2H2Se.9H/h;;;;2*1H2;;;;;;;;;. The summed E-state index contributed by atoms with van der Waals surface area (Å²) in [5.41, 5.74) is 0. The SMILES string of the molecule is [AlH3].[Cu].[GaH3].[InH3].[SeH2].[SeH2]. The fraction of sp³-hybridized carbons (Fsp3) is 0. The average molecular weight is 446 g/mol. The van der Waals surface area contributed by atoms with Gasteiger partial charge in [-0.2, -0.15) is 0 Å². The van der Waals surface area contributed by atoms with Gasteiger partial charge in [0.1, 0.15) is 0 Å². The van der Waals surface area contributed by atoms with Crippen LogP contribution >= 0.6 is 0 Å². The summed E-state index contributed by atoms with van der Waals surface area (Å²) in [6, 6.07) is 0. The Morgan fingerprint density at radius 1 is 0.833 bits per heavy atom. The first-order valence-electron chi connectivity index (χ1n) is 0. The van der Waals surface area contributed by atoms with Gasteiger partial charge in [0.05, 0.1) is 0 Å². The third-order valence-corrected chi connectivity index (χ3v) is 0. The Balaban J connectivity index is 0. The molecule has 0 heterocycles. The van der Waals surface area contributed by atoms with Crippen LogP contribution in [0, 0.1) is 0 Å². The molecule has 6 heteroatoms. The van der Waals surface area contributed by atoms with Crippen LogP contribution in [0.1, 0.15) is 0 Å². The van der Waals surface area contributed by atoms with Gasteiger partial charge in [0.15, 0.2) is 17.4 Å². The Morgan fingerprint density at radius 2 is 0.833 bits per heavy atom. The molecule has 0 amide bonds. The molecule has 0 spiro atoms. The van der Waals surface area contributed by atoms with Gasteiger partial charge >= 0.3 is 79.8 Å². The van der Waals surface area contributed by atoms with Gasteiger partial charge in [-0.05, 0) is 0 Å². The minimum atomic E-state index is 0. The molecule has 1 radical (unpaired) electrons. The van der Waals surface area contributed by atoms with E-state index in [-0.39, 0.29) is 114 Å². The second-order valence-electron chi connectivity index (χ2n) is 0. The average Bonchev–Trinajstić information content (AvgIpc) is 0. The van der Waals surface area contributed by atoms with Crippen LogP contribution in [0.25, 0.3) is 0 Å². The predicted octanol–water partition coefficient (Wildman–Crippen LogP) is -5.39. The molecule has 0 aromatic rings. The molecule has 0 aromatic carbocycles. The van der Waals surface area contributed by atoms with Crippen LogP contribution in [-0.2, 0) is 17.1 Å². The first-order valence-corrected chi connectivity index (χ1v) is 0. The molecular weight excluding hydrogens is 433 g/mol. The zero-order valence-electron chi connectivity index (χ0n) is 1.30. The molecule has 0 nitrogen and oxygen atoms in total. The fourth-order valence-electron chi connectivity index (χ4n) is 0. The van der Waals surface area contributed by atoms with Crippen LogP contribution in [0.5, 0.6) is 0 Å². The van der Waals surface area contributed by atoms with Crippen molar-refractivity contribution in [2.75, 3.05) is 0 Å². The molecule has 0 atom stereocenters. The monoisotopic (exact) mass is 447 g/mol. The quantitative estimate of drug-likeness (QED) is 0.327. The summed E-state index contributed by atoms with van der Waals surface area (Å²) in [5.74, 6) is 0. The van der Waals surface area contributed by atoms with Crippen LogP contribution in [0.15, 0.2) is 0 Å². The predicted molar refractivity (Wildman–Crippen MR) is 46.9 cm³/mol. The van der Waals surface area contributed by atoms with E-state index in [2.05, 4.69) is 0 Å². The van der Waals surface area contributed by atoms with Crippen LogP contribution in [0.2, 0.25) is 0 Å². The molecular formula is H13AlCuGaInSe2. The Bertz CT molecular complexity index is 13.5. The van der Waals surface area contributed by atoms with Crippen molar-refractivity contribution in [3.8, 4) is 0 Å². The maximum atomic E-state index is 0. The summed E-state index contributed by atoms with van der Waals surface area (Å²) in [4.78, 5) is 0. The Labute approximate surface area is 112 Å². The molecule has 0 aliphatic heterocycles. The van der Waals surface area contributed by atoms with Gasteiger partial charge in [-0.1, -0.05) is 0 Å². The summed E-state index contributed by atoms with van der Waals surface area (Å²) in [7, 11) is 0. The summed E-state index contributed by atoms with van der Waals surface area (Å²) in [6.07, 6.45) is 0. The third-order valence-electron chi connectivity index (χ3n) is 0. The van der Waals surface area contributed by atoms with Crippen LogP contribution in [0.4, 0.5) is 0 Å². The Kier molecular flexibility index (Phi) is 350. The van der Waals surface area contributed by atoms with Crippen molar-refractivity contribution in [2.45, 2.75) is 0 Å². The second-order valence-corrected chi connectivity index (χ2v) is 0. The van der Waals surface area contributed by atoms with Gasteiger partial charge in [0, 0.05) is 17.1 Å². The maximum absolute atomic E-state index is 0. The summed E-state index contributed by atoms with van der Waals surface area (Å²) in [6.45, 7) is 0. The molecule has 0 rings (SSSR count). The van der Waals surface area contributed by atoms with Crippen molar-refractivity contribution in [1.29, 1.82) is 0 Å². The van der Waals surface area contributed by atoms with Gasteiger partial charge in [-0.15, -0.1) is 0 Å². The van der Waals surface area contributed by atoms with E-state index in [4.69, 9.17) is 0 Å². The fourth-order valence-corrected chi connectivity index (χ4v) is 0. The van der Waals surface area contributed by atoms with Crippen molar-refractivity contribution in [1.82, 2.24) is 0 Å². The summed E-state index contributed by atoms with van der Waals surface area (Å²) in [5, 5.41) is 0.